The molecule has 3 rings (SSSR count). The van der Waals surface area contributed by atoms with Crippen molar-refractivity contribution in [2.24, 2.45) is 13.0 Å². The second-order valence-corrected chi connectivity index (χ2v) is 5.81. The predicted molar refractivity (Wildman–Crippen MR) is 80.0 cm³/mol. The van der Waals surface area contributed by atoms with Crippen LogP contribution in [0.5, 0.6) is 0 Å². The number of nitrogens with one attached hydrogen (secondary N) is 1. The van der Waals surface area contributed by atoms with E-state index in [1.807, 2.05) is 39.2 Å². The van der Waals surface area contributed by atoms with Gasteiger partial charge in [-0.15, -0.1) is 0 Å². The van der Waals surface area contributed by atoms with E-state index in [0.29, 0.717) is 6.61 Å². The van der Waals surface area contributed by atoms with E-state index < -0.39 is 0 Å². The first-order valence-corrected chi connectivity index (χ1v) is 7.51. The fraction of sp³-hybridized carbons (Fsp3) is 0.500. The zero-order chi connectivity index (χ0) is 15.7. The van der Waals surface area contributed by atoms with Crippen LogP contribution < -0.4 is 5.32 Å². The van der Waals surface area contributed by atoms with Gasteiger partial charge in [-0.1, -0.05) is 0 Å². The molecule has 1 N–H and O–H groups in total. The smallest absolute Gasteiger partial charge is 0.226 e. The molecule has 1 unspecified atom stereocenters. The van der Waals surface area contributed by atoms with Crippen LogP contribution in [0.2, 0.25) is 0 Å². The molecule has 3 atom stereocenters. The van der Waals surface area contributed by atoms with Crippen LogP contribution in [0.3, 0.4) is 0 Å². The van der Waals surface area contributed by atoms with Crippen LogP contribution in [0.1, 0.15) is 42.6 Å². The third-order valence-corrected chi connectivity index (χ3v) is 4.03. The fourth-order valence-electron chi connectivity index (χ4n) is 2.85. The predicted octanol–water partition coefficient (Wildman–Crippen LogP) is 2.28. The second kappa shape index (κ2) is 5.96. The third kappa shape index (κ3) is 2.92. The van der Waals surface area contributed by atoms with Gasteiger partial charge < -0.3 is 14.5 Å². The third-order valence-electron chi connectivity index (χ3n) is 4.03. The topological polar surface area (TPSA) is 69.3 Å². The Balaban J connectivity index is 1.68. The van der Waals surface area contributed by atoms with Gasteiger partial charge in [0.15, 0.2) is 0 Å². The number of amides is 1. The highest BCUT2D eigenvalue weighted by Crippen LogP contribution is 2.34. The molecule has 118 valence electrons. The summed E-state index contributed by atoms with van der Waals surface area (Å²) < 4.78 is 13.0. The van der Waals surface area contributed by atoms with Gasteiger partial charge >= 0.3 is 0 Å². The first-order chi connectivity index (χ1) is 10.5. The second-order valence-electron chi connectivity index (χ2n) is 5.81. The SMILES string of the molecule is Cc1ccc(C(C)NC(=O)[C@H]2CCO[C@@H]2c2cnn(C)c2)o1. The van der Waals surface area contributed by atoms with Crippen molar-refractivity contribution in [1.82, 2.24) is 15.1 Å². The van der Waals surface area contributed by atoms with Crippen LogP contribution in [0.25, 0.3) is 0 Å². The minimum absolute atomic E-state index is 0.00657. The molecule has 0 bridgehead atoms. The molecule has 1 saturated heterocycles. The number of hydrogen-bond acceptors (Lipinski definition) is 4. The van der Waals surface area contributed by atoms with Crippen LogP contribution in [0, 0.1) is 12.8 Å². The van der Waals surface area contributed by atoms with Crippen LogP contribution in [0.15, 0.2) is 28.9 Å². The summed E-state index contributed by atoms with van der Waals surface area (Å²) in [6, 6.07) is 3.63. The molecule has 22 heavy (non-hydrogen) atoms. The summed E-state index contributed by atoms with van der Waals surface area (Å²) in [5.74, 6) is 1.41. The Morgan fingerprint density at radius 3 is 2.95 bits per heavy atom. The summed E-state index contributed by atoms with van der Waals surface area (Å²) in [6.07, 6.45) is 4.15. The Labute approximate surface area is 129 Å². The summed E-state index contributed by atoms with van der Waals surface area (Å²) in [6.45, 7) is 4.40. The van der Waals surface area contributed by atoms with Gasteiger partial charge in [-0.2, -0.15) is 5.10 Å². The standard InChI is InChI=1S/C16H21N3O3/c1-10-4-5-14(22-10)11(2)18-16(20)13-6-7-21-15(13)12-8-17-19(3)9-12/h4-5,8-9,11,13,15H,6-7H2,1-3H3,(H,18,20)/t11?,13-,15+/m0/s1. The lowest BCUT2D eigenvalue weighted by Crippen LogP contribution is -2.34. The first kappa shape index (κ1) is 14.8. The van der Waals surface area contributed by atoms with Gasteiger partial charge in [0.2, 0.25) is 5.91 Å². The van der Waals surface area contributed by atoms with Gasteiger partial charge in [-0.3, -0.25) is 9.48 Å². The van der Waals surface area contributed by atoms with E-state index in [9.17, 15) is 4.79 Å². The van der Waals surface area contributed by atoms with Gasteiger partial charge in [0.25, 0.3) is 0 Å². The molecule has 6 nitrogen and oxygen atoms in total. The van der Waals surface area contributed by atoms with Crippen LogP contribution in [0.4, 0.5) is 0 Å². The van der Waals surface area contributed by atoms with E-state index in [1.54, 1.807) is 10.9 Å². The normalized spacial score (nSPS) is 22.7. The molecule has 0 aromatic carbocycles. The summed E-state index contributed by atoms with van der Waals surface area (Å²) >= 11 is 0. The molecule has 3 heterocycles. The summed E-state index contributed by atoms with van der Waals surface area (Å²) in [5, 5.41) is 7.17. The number of carbonyl (C=O) groups is 1. The summed E-state index contributed by atoms with van der Waals surface area (Å²) in [5.41, 5.74) is 0.946. The van der Waals surface area contributed by atoms with Crippen molar-refractivity contribution in [2.45, 2.75) is 32.4 Å². The maximum Gasteiger partial charge on any atom is 0.226 e. The Morgan fingerprint density at radius 1 is 1.50 bits per heavy atom. The van der Waals surface area contributed by atoms with E-state index in [0.717, 1.165) is 23.5 Å². The zero-order valence-corrected chi connectivity index (χ0v) is 13.1. The lowest BCUT2D eigenvalue weighted by molar-refractivity contribution is -0.127. The Hall–Kier alpha value is -2.08. The number of carbonyl (C=O) groups excluding carboxylic acids is 1. The molecule has 1 amide bonds. The molecule has 1 aliphatic rings. The number of nitrogens with zero attached hydrogens (tertiary/aromatic N) is 2. The number of furan rings is 1. The number of ether oxygens (including phenoxy) is 1. The highest BCUT2D eigenvalue weighted by Gasteiger charge is 2.36. The Morgan fingerprint density at radius 2 is 2.32 bits per heavy atom. The maximum atomic E-state index is 12.6. The lowest BCUT2D eigenvalue weighted by Gasteiger charge is -2.19. The zero-order valence-electron chi connectivity index (χ0n) is 13.1. The number of rotatable bonds is 4. The van der Waals surface area contributed by atoms with Crippen molar-refractivity contribution >= 4 is 5.91 Å². The van der Waals surface area contributed by atoms with Crippen molar-refractivity contribution < 1.29 is 13.9 Å². The van der Waals surface area contributed by atoms with Crippen molar-refractivity contribution in [3.63, 3.8) is 0 Å². The fourth-order valence-corrected chi connectivity index (χ4v) is 2.85. The van der Waals surface area contributed by atoms with E-state index in [4.69, 9.17) is 9.15 Å². The van der Waals surface area contributed by atoms with Crippen molar-refractivity contribution in [3.05, 3.63) is 41.6 Å². The minimum Gasteiger partial charge on any atom is -0.464 e. The quantitative estimate of drug-likeness (QED) is 0.940. The molecule has 0 radical (unpaired) electrons. The molecular formula is C16H21N3O3. The maximum absolute atomic E-state index is 12.6. The van der Waals surface area contributed by atoms with E-state index in [2.05, 4.69) is 10.4 Å². The summed E-state index contributed by atoms with van der Waals surface area (Å²) in [4.78, 5) is 12.6. The molecule has 0 spiro atoms. The van der Waals surface area contributed by atoms with Crippen molar-refractivity contribution in [2.75, 3.05) is 6.61 Å². The van der Waals surface area contributed by atoms with E-state index in [1.165, 1.54) is 0 Å². The van der Waals surface area contributed by atoms with Crippen LogP contribution >= 0.6 is 0 Å². The van der Waals surface area contributed by atoms with Gasteiger partial charge in [-0.25, -0.2) is 0 Å². The van der Waals surface area contributed by atoms with Crippen LogP contribution in [-0.2, 0) is 16.6 Å². The van der Waals surface area contributed by atoms with Crippen LogP contribution in [-0.4, -0.2) is 22.3 Å². The minimum atomic E-state index is -0.223. The molecular weight excluding hydrogens is 282 g/mol. The largest absolute Gasteiger partial charge is 0.464 e. The highest BCUT2D eigenvalue weighted by molar-refractivity contribution is 5.80. The average molecular weight is 303 g/mol. The molecule has 2 aromatic heterocycles. The Bertz CT molecular complexity index is 661. The van der Waals surface area contributed by atoms with Gasteiger partial charge in [0.1, 0.15) is 11.5 Å². The molecule has 0 aliphatic carbocycles. The van der Waals surface area contributed by atoms with E-state index >= 15 is 0 Å². The van der Waals surface area contributed by atoms with Gasteiger partial charge in [0.05, 0.1) is 24.3 Å². The van der Waals surface area contributed by atoms with Crippen molar-refractivity contribution in [1.29, 1.82) is 0 Å². The van der Waals surface area contributed by atoms with Crippen molar-refractivity contribution in [3.8, 4) is 0 Å². The number of hydrogen-bond donors (Lipinski definition) is 1. The molecule has 0 saturated carbocycles. The summed E-state index contributed by atoms with van der Waals surface area (Å²) in [7, 11) is 1.86. The van der Waals surface area contributed by atoms with Gasteiger partial charge in [-0.05, 0) is 32.4 Å². The number of aromatic nitrogens is 2. The van der Waals surface area contributed by atoms with E-state index in [-0.39, 0.29) is 24.0 Å². The van der Waals surface area contributed by atoms with Gasteiger partial charge in [0, 0.05) is 25.4 Å². The number of aryl methyl sites for hydroxylation is 2. The average Bonchev–Trinajstić information content (AvgIpc) is 3.17. The molecule has 1 fully saturated rings. The Kier molecular flexibility index (Phi) is 4.02. The molecule has 6 heteroatoms. The molecule has 1 aliphatic heterocycles. The monoisotopic (exact) mass is 303 g/mol. The highest BCUT2D eigenvalue weighted by atomic mass is 16.5. The first-order valence-electron chi connectivity index (χ1n) is 7.51. The molecule has 2 aromatic rings. The lowest BCUT2D eigenvalue weighted by atomic mass is 9.96.